The molecule has 3 heterocycles. The van der Waals surface area contributed by atoms with Crippen LogP contribution in [-0.2, 0) is 35.1 Å². The maximum absolute atomic E-state index is 13.2. The molecule has 0 radical (unpaired) electrons. The minimum Gasteiger partial charge on any atom is -0.490 e. The quantitative estimate of drug-likeness (QED) is 0.589. The van der Waals surface area contributed by atoms with Crippen molar-refractivity contribution >= 4 is 17.6 Å². The van der Waals surface area contributed by atoms with Gasteiger partial charge < -0.3 is 19.4 Å². The minimum absolute atomic E-state index is 0.0294. The number of rotatable bonds is 5. The van der Waals surface area contributed by atoms with Gasteiger partial charge in [-0.3, -0.25) is 4.79 Å². The van der Waals surface area contributed by atoms with Crippen LogP contribution in [0.1, 0.15) is 46.8 Å². The summed E-state index contributed by atoms with van der Waals surface area (Å²) in [6.45, 7) is 0.103. The van der Waals surface area contributed by atoms with Gasteiger partial charge >= 0.3 is 12.1 Å². The summed E-state index contributed by atoms with van der Waals surface area (Å²) in [6, 6.07) is 5.23. The Labute approximate surface area is 170 Å². The number of aryl methyl sites for hydroxylation is 1. The van der Waals surface area contributed by atoms with E-state index < -0.39 is 18.0 Å². The van der Waals surface area contributed by atoms with Crippen LogP contribution < -0.4 is 10.1 Å². The third-order valence-electron chi connectivity index (χ3n) is 5.12. The van der Waals surface area contributed by atoms with E-state index in [4.69, 9.17) is 9.47 Å². The molecular formula is C20H20F3N3O4. The fourth-order valence-electron chi connectivity index (χ4n) is 3.73. The normalized spacial score (nSPS) is 15.8. The number of imidazole rings is 1. The van der Waals surface area contributed by atoms with Crippen LogP contribution in [0, 0.1) is 0 Å². The molecule has 1 N–H and O–H groups in total. The third-order valence-corrected chi connectivity index (χ3v) is 5.12. The smallest absolute Gasteiger partial charge is 0.449 e. The zero-order chi connectivity index (χ0) is 21.3. The Balaban J connectivity index is 1.36. The maximum atomic E-state index is 13.2. The third kappa shape index (κ3) is 4.12. The van der Waals surface area contributed by atoms with Crippen molar-refractivity contribution in [2.75, 3.05) is 18.5 Å². The molecule has 2 aromatic rings. The second kappa shape index (κ2) is 8.00. The van der Waals surface area contributed by atoms with E-state index in [2.05, 4.69) is 10.3 Å². The average Bonchev–Trinajstić information content (AvgIpc) is 3.11. The fourth-order valence-corrected chi connectivity index (χ4v) is 3.73. The number of carbonyl (C=O) groups is 2. The number of anilines is 1. The molecule has 0 aliphatic carbocycles. The molecule has 0 bridgehead atoms. The Morgan fingerprint density at radius 1 is 1.17 bits per heavy atom. The highest BCUT2D eigenvalue weighted by Gasteiger charge is 2.40. The van der Waals surface area contributed by atoms with Crippen LogP contribution in [0.5, 0.6) is 5.75 Å². The van der Waals surface area contributed by atoms with Gasteiger partial charge in [-0.2, -0.15) is 13.2 Å². The SMILES string of the molecule is O=C1CCc2cc(OCCOC(=O)c3nc(C(F)(F)F)n4c3CCCC4)ccc2N1. The van der Waals surface area contributed by atoms with Crippen LogP contribution in [0.25, 0.3) is 0 Å². The molecule has 0 atom stereocenters. The molecule has 1 aromatic heterocycles. The number of aromatic nitrogens is 2. The molecule has 30 heavy (non-hydrogen) atoms. The monoisotopic (exact) mass is 423 g/mol. The summed E-state index contributed by atoms with van der Waals surface area (Å²) in [6.07, 6.45) is -1.94. The van der Waals surface area contributed by atoms with E-state index in [0.29, 0.717) is 37.9 Å². The number of ether oxygens (including phenoxy) is 2. The van der Waals surface area contributed by atoms with Crippen molar-refractivity contribution in [3.05, 3.63) is 41.0 Å². The first kappa shape index (κ1) is 20.2. The van der Waals surface area contributed by atoms with Crippen LogP contribution in [0.3, 0.4) is 0 Å². The molecule has 0 fully saturated rings. The van der Waals surface area contributed by atoms with Crippen LogP contribution in [-0.4, -0.2) is 34.6 Å². The summed E-state index contributed by atoms with van der Waals surface area (Å²) in [4.78, 5) is 27.3. The first-order valence-electron chi connectivity index (χ1n) is 9.72. The van der Waals surface area contributed by atoms with E-state index in [1.54, 1.807) is 18.2 Å². The van der Waals surface area contributed by atoms with E-state index in [0.717, 1.165) is 15.8 Å². The standard InChI is InChI=1S/C20H20F3N3O4/c21-20(22,23)19-25-17(15-3-1-2-8-26(15)19)18(28)30-10-9-29-13-5-6-14-12(11-13)4-7-16(27)24-14/h5-6,11H,1-4,7-10H2,(H,24,27). The first-order valence-corrected chi connectivity index (χ1v) is 9.72. The number of carbonyl (C=O) groups excluding carboxylic acids is 2. The maximum Gasteiger partial charge on any atom is 0.449 e. The zero-order valence-corrected chi connectivity index (χ0v) is 16.1. The molecule has 0 unspecified atom stereocenters. The number of alkyl halides is 3. The molecule has 7 nitrogen and oxygen atoms in total. The highest BCUT2D eigenvalue weighted by Crippen LogP contribution is 2.33. The van der Waals surface area contributed by atoms with E-state index >= 15 is 0 Å². The van der Waals surface area contributed by atoms with Crippen molar-refractivity contribution in [1.82, 2.24) is 9.55 Å². The second-order valence-electron chi connectivity index (χ2n) is 7.19. The summed E-state index contributed by atoms with van der Waals surface area (Å²) in [7, 11) is 0. The topological polar surface area (TPSA) is 82.5 Å². The van der Waals surface area contributed by atoms with Crippen LogP contribution in [0.4, 0.5) is 18.9 Å². The summed E-state index contributed by atoms with van der Waals surface area (Å²) < 4.78 is 51.4. The predicted molar refractivity (Wildman–Crippen MR) is 99.3 cm³/mol. The van der Waals surface area contributed by atoms with Gasteiger partial charge in [0.2, 0.25) is 11.7 Å². The van der Waals surface area contributed by atoms with E-state index in [1.807, 2.05) is 0 Å². The van der Waals surface area contributed by atoms with Gasteiger partial charge in [-0.25, -0.2) is 9.78 Å². The summed E-state index contributed by atoms with van der Waals surface area (Å²) in [5.74, 6) is -1.41. The zero-order valence-electron chi connectivity index (χ0n) is 16.1. The van der Waals surface area contributed by atoms with Gasteiger partial charge in [-0.05, 0) is 49.4 Å². The lowest BCUT2D eigenvalue weighted by atomic mass is 10.0. The number of amides is 1. The largest absolute Gasteiger partial charge is 0.490 e. The summed E-state index contributed by atoms with van der Waals surface area (Å²) in [5.41, 5.74) is 1.70. The number of hydrogen-bond acceptors (Lipinski definition) is 5. The highest BCUT2D eigenvalue weighted by molar-refractivity contribution is 5.94. The van der Waals surface area contributed by atoms with Gasteiger partial charge in [-0.1, -0.05) is 0 Å². The van der Waals surface area contributed by atoms with Crippen LogP contribution in [0.15, 0.2) is 18.2 Å². The molecular weight excluding hydrogens is 403 g/mol. The van der Waals surface area contributed by atoms with Gasteiger partial charge in [0, 0.05) is 18.7 Å². The molecule has 1 amide bonds. The molecule has 160 valence electrons. The lowest BCUT2D eigenvalue weighted by molar-refractivity contribution is -0.147. The van der Waals surface area contributed by atoms with Gasteiger partial charge in [0.15, 0.2) is 5.69 Å². The van der Waals surface area contributed by atoms with Crippen molar-refractivity contribution in [2.45, 2.75) is 44.8 Å². The molecule has 2 aliphatic heterocycles. The molecule has 0 spiro atoms. The highest BCUT2D eigenvalue weighted by atomic mass is 19.4. The molecule has 0 saturated carbocycles. The summed E-state index contributed by atoms with van der Waals surface area (Å²) in [5, 5.41) is 2.77. The molecule has 1 aromatic carbocycles. The predicted octanol–water partition coefficient (Wildman–Crippen LogP) is 3.36. The fraction of sp³-hybridized carbons (Fsp3) is 0.450. The van der Waals surface area contributed by atoms with Gasteiger partial charge in [0.05, 0.1) is 5.69 Å². The van der Waals surface area contributed by atoms with Crippen LogP contribution in [0.2, 0.25) is 0 Å². The van der Waals surface area contributed by atoms with Gasteiger partial charge in [0.25, 0.3) is 0 Å². The van der Waals surface area contributed by atoms with Crippen molar-refractivity contribution in [1.29, 1.82) is 0 Å². The van der Waals surface area contributed by atoms with E-state index in [9.17, 15) is 22.8 Å². The Morgan fingerprint density at radius 2 is 2.00 bits per heavy atom. The number of benzene rings is 1. The minimum atomic E-state index is -4.63. The van der Waals surface area contributed by atoms with Crippen molar-refractivity contribution in [2.24, 2.45) is 0 Å². The number of fused-ring (bicyclic) bond motifs is 2. The van der Waals surface area contributed by atoms with E-state index in [-0.39, 0.29) is 37.1 Å². The number of nitrogens with one attached hydrogen (secondary N) is 1. The van der Waals surface area contributed by atoms with E-state index in [1.165, 1.54) is 0 Å². The number of esters is 1. The molecule has 2 aliphatic rings. The van der Waals surface area contributed by atoms with Gasteiger partial charge in [0.1, 0.15) is 19.0 Å². The Morgan fingerprint density at radius 3 is 2.80 bits per heavy atom. The summed E-state index contributed by atoms with van der Waals surface area (Å²) >= 11 is 0. The van der Waals surface area contributed by atoms with Gasteiger partial charge in [-0.15, -0.1) is 0 Å². The lowest BCUT2D eigenvalue weighted by Crippen LogP contribution is -2.20. The first-order chi connectivity index (χ1) is 14.3. The van der Waals surface area contributed by atoms with Crippen molar-refractivity contribution in [3.8, 4) is 5.75 Å². The Hall–Kier alpha value is -3.04. The number of halogens is 3. The molecule has 0 saturated heterocycles. The van der Waals surface area contributed by atoms with Crippen molar-refractivity contribution < 1.29 is 32.2 Å². The van der Waals surface area contributed by atoms with Crippen molar-refractivity contribution in [3.63, 3.8) is 0 Å². The number of nitrogens with zero attached hydrogens (tertiary/aromatic N) is 2. The second-order valence-corrected chi connectivity index (χ2v) is 7.19. The van der Waals surface area contributed by atoms with Crippen LogP contribution >= 0.6 is 0 Å². The average molecular weight is 423 g/mol. The molecule has 10 heteroatoms. The molecule has 4 rings (SSSR count). The lowest BCUT2D eigenvalue weighted by Gasteiger charge is -2.18. The Kier molecular flexibility index (Phi) is 5.40. The number of hydrogen-bond donors (Lipinski definition) is 1. The Bertz CT molecular complexity index is 984.